The molecular weight excluding hydrogens is 366 g/mol. The molecule has 0 saturated heterocycles. The molecule has 0 aliphatic rings. The molecule has 0 spiro atoms. The molecule has 0 saturated carbocycles. The number of guanidine groups is 1. The van der Waals surface area contributed by atoms with Crippen molar-refractivity contribution in [3.05, 3.63) is 59.7 Å². The lowest BCUT2D eigenvalue weighted by Gasteiger charge is -2.15. The average molecular weight is 400 g/mol. The van der Waals surface area contributed by atoms with E-state index < -0.39 is 0 Å². The van der Waals surface area contributed by atoms with E-state index in [0.717, 1.165) is 36.8 Å². The summed E-state index contributed by atoms with van der Waals surface area (Å²) in [6, 6.07) is 16.1. The highest BCUT2D eigenvalue weighted by atomic mass is 16.5. The van der Waals surface area contributed by atoms with Crippen molar-refractivity contribution < 1.29 is 14.2 Å². The SMILES string of the molecule is CCNC(=NCc1ccc(OC)c(OC)c1)NCCCOC(C)c1ccccc1. The Labute approximate surface area is 174 Å². The van der Waals surface area contributed by atoms with Gasteiger partial charge >= 0.3 is 0 Å². The summed E-state index contributed by atoms with van der Waals surface area (Å²) in [7, 11) is 3.27. The summed E-state index contributed by atoms with van der Waals surface area (Å²) in [4.78, 5) is 4.65. The van der Waals surface area contributed by atoms with E-state index in [9.17, 15) is 0 Å². The largest absolute Gasteiger partial charge is 0.493 e. The smallest absolute Gasteiger partial charge is 0.191 e. The minimum Gasteiger partial charge on any atom is -0.493 e. The van der Waals surface area contributed by atoms with Crippen LogP contribution in [0.3, 0.4) is 0 Å². The minimum absolute atomic E-state index is 0.100. The lowest BCUT2D eigenvalue weighted by atomic mass is 10.1. The predicted octanol–water partition coefficient (Wildman–Crippen LogP) is 3.93. The molecule has 6 nitrogen and oxygen atoms in total. The van der Waals surface area contributed by atoms with Crippen LogP contribution in [0.25, 0.3) is 0 Å². The highest BCUT2D eigenvalue weighted by Crippen LogP contribution is 2.27. The number of aliphatic imine (C=N–C) groups is 1. The van der Waals surface area contributed by atoms with E-state index in [0.29, 0.717) is 18.9 Å². The normalized spacial score (nSPS) is 12.3. The predicted molar refractivity (Wildman–Crippen MR) is 118 cm³/mol. The molecule has 0 bridgehead atoms. The van der Waals surface area contributed by atoms with E-state index in [1.54, 1.807) is 14.2 Å². The summed E-state index contributed by atoms with van der Waals surface area (Å²) < 4.78 is 16.6. The molecule has 0 aliphatic heterocycles. The molecule has 0 radical (unpaired) electrons. The summed E-state index contributed by atoms with van der Waals surface area (Å²) >= 11 is 0. The lowest BCUT2D eigenvalue weighted by molar-refractivity contribution is 0.0646. The first-order valence-corrected chi connectivity index (χ1v) is 10.1. The van der Waals surface area contributed by atoms with Crippen molar-refractivity contribution in [3.63, 3.8) is 0 Å². The fourth-order valence-corrected chi connectivity index (χ4v) is 2.85. The zero-order chi connectivity index (χ0) is 20.9. The Kier molecular flexibility index (Phi) is 9.86. The summed E-state index contributed by atoms with van der Waals surface area (Å²) in [5.74, 6) is 2.22. The molecule has 0 aromatic heterocycles. The van der Waals surface area contributed by atoms with Gasteiger partial charge in [0.1, 0.15) is 0 Å². The Morgan fingerprint density at radius 2 is 1.76 bits per heavy atom. The zero-order valence-electron chi connectivity index (χ0n) is 17.9. The van der Waals surface area contributed by atoms with Crippen LogP contribution in [0.2, 0.25) is 0 Å². The maximum Gasteiger partial charge on any atom is 0.191 e. The van der Waals surface area contributed by atoms with Crippen LogP contribution >= 0.6 is 0 Å². The van der Waals surface area contributed by atoms with Crippen molar-refractivity contribution >= 4 is 5.96 Å². The standard InChI is InChI=1S/C23H33N3O3/c1-5-24-23(26-17-19-12-13-21(27-3)22(16-19)28-4)25-14-9-15-29-18(2)20-10-7-6-8-11-20/h6-8,10-13,16,18H,5,9,14-15,17H2,1-4H3,(H2,24,25,26). The van der Waals surface area contributed by atoms with Gasteiger partial charge in [-0.05, 0) is 43.5 Å². The van der Waals surface area contributed by atoms with E-state index in [1.807, 2.05) is 36.4 Å². The van der Waals surface area contributed by atoms with Gasteiger partial charge in [-0.3, -0.25) is 0 Å². The second kappa shape index (κ2) is 12.7. The third-order valence-corrected chi connectivity index (χ3v) is 4.46. The number of benzene rings is 2. The van der Waals surface area contributed by atoms with Gasteiger partial charge in [-0.15, -0.1) is 0 Å². The van der Waals surface area contributed by atoms with Gasteiger partial charge in [-0.1, -0.05) is 36.4 Å². The quantitative estimate of drug-likeness (QED) is 0.341. The van der Waals surface area contributed by atoms with Crippen molar-refractivity contribution in [2.24, 2.45) is 4.99 Å². The molecule has 0 amide bonds. The monoisotopic (exact) mass is 399 g/mol. The van der Waals surface area contributed by atoms with Crippen LogP contribution in [-0.4, -0.2) is 39.9 Å². The molecule has 0 fully saturated rings. The number of hydrogen-bond acceptors (Lipinski definition) is 4. The van der Waals surface area contributed by atoms with E-state index in [2.05, 4.69) is 41.6 Å². The van der Waals surface area contributed by atoms with Gasteiger partial charge in [-0.2, -0.15) is 0 Å². The zero-order valence-corrected chi connectivity index (χ0v) is 17.9. The summed E-state index contributed by atoms with van der Waals surface area (Å²) in [6.07, 6.45) is 1.00. The van der Waals surface area contributed by atoms with Gasteiger partial charge in [0.25, 0.3) is 0 Å². The van der Waals surface area contributed by atoms with Crippen molar-refractivity contribution in [3.8, 4) is 11.5 Å². The molecule has 0 heterocycles. The molecule has 6 heteroatoms. The van der Waals surface area contributed by atoms with Crippen LogP contribution in [0, 0.1) is 0 Å². The first kappa shape index (κ1) is 22.6. The van der Waals surface area contributed by atoms with Gasteiger partial charge in [0.2, 0.25) is 0 Å². The molecule has 0 aliphatic carbocycles. The molecule has 2 aromatic rings. The fourth-order valence-electron chi connectivity index (χ4n) is 2.85. The lowest BCUT2D eigenvalue weighted by Crippen LogP contribution is -2.38. The van der Waals surface area contributed by atoms with E-state index in [4.69, 9.17) is 14.2 Å². The Hall–Kier alpha value is -2.73. The van der Waals surface area contributed by atoms with Crippen molar-refractivity contribution in [2.75, 3.05) is 33.9 Å². The van der Waals surface area contributed by atoms with Gasteiger partial charge in [-0.25, -0.2) is 4.99 Å². The Morgan fingerprint density at radius 1 is 1.00 bits per heavy atom. The second-order valence-corrected chi connectivity index (χ2v) is 6.59. The third-order valence-electron chi connectivity index (χ3n) is 4.46. The Morgan fingerprint density at radius 3 is 2.45 bits per heavy atom. The summed E-state index contributed by atoms with van der Waals surface area (Å²) in [5, 5.41) is 6.63. The Bertz CT molecular complexity index is 750. The maximum absolute atomic E-state index is 5.92. The number of hydrogen-bond donors (Lipinski definition) is 2. The molecule has 2 aromatic carbocycles. The maximum atomic E-state index is 5.92. The highest BCUT2D eigenvalue weighted by molar-refractivity contribution is 5.79. The van der Waals surface area contributed by atoms with Gasteiger partial charge in [0.05, 0.1) is 26.9 Å². The number of rotatable bonds is 11. The number of nitrogens with one attached hydrogen (secondary N) is 2. The van der Waals surface area contributed by atoms with Crippen molar-refractivity contribution in [2.45, 2.75) is 32.9 Å². The van der Waals surface area contributed by atoms with Crippen LogP contribution in [0.5, 0.6) is 11.5 Å². The Balaban J connectivity index is 1.79. The van der Waals surface area contributed by atoms with Crippen molar-refractivity contribution in [1.82, 2.24) is 10.6 Å². The molecule has 29 heavy (non-hydrogen) atoms. The summed E-state index contributed by atoms with van der Waals surface area (Å²) in [5.41, 5.74) is 2.25. The van der Waals surface area contributed by atoms with Gasteiger partial charge < -0.3 is 24.8 Å². The first-order chi connectivity index (χ1) is 14.2. The average Bonchev–Trinajstić information content (AvgIpc) is 2.77. The third kappa shape index (κ3) is 7.66. The minimum atomic E-state index is 0.100. The number of nitrogens with zero attached hydrogens (tertiary/aromatic N) is 1. The van der Waals surface area contributed by atoms with Crippen molar-refractivity contribution in [1.29, 1.82) is 0 Å². The number of methoxy groups -OCH3 is 2. The van der Waals surface area contributed by atoms with Crippen LogP contribution < -0.4 is 20.1 Å². The van der Waals surface area contributed by atoms with Crippen LogP contribution in [0.15, 0.2) is 53.5 Å². The first-order valence-electron chi connectivity index (χ1n) is 10.1. The highest BCUT2D eigenvalue weighted by Gasteiger charge is 2.06. The number of ether oxygens (including phenoxy) is 3. The molecule has 2 N–H and O–H groups in total. The van der Waals surface area contributed by atoms with Gasteiger partial charge in [0, 0.05) is 19.7 Å². The molecular formula is C23H33N3O3. The molecule has 1 unspecified atom stereocenters. The fraction of sp³-hybridized carbons (Fsp3) is 0.435. The second-order valence-electron chi connectivity index (χ2n) is 6.59. The van der Waals surface area contributed by atoms with E-state index in [1.165, 1.54) is 5.56 Å². The molecule has 2 rings (SSSR count). The van der Waals surface area contributed by atoms with E-state index >= 15 is 0 Å². The summed E-state index contributed by atoms with van der Waals surface area (Å²) in [6.45, 7) is 6.98. The van der Waals surface area contributed by atoms with Crippen LogP contribution in [-0.2, 0) is 11.3 Å². The van der Waals surface area contributed by atoms with Crippen LogP contribution in [0.1, 0.15) is 37.5 Å². The van der Waals surface area contributed by atoms with Crippen LogP contribution in [0.4, 0.5) is 0 Å². The molecule has 1 atom stereocenters. The van der Waals surface area contributed by atoms with Gasteiger partial charge in [0.15, 0.2) is 17.5 Å². The van der Waals surface area contributed by atoms with E-state index in [-0.39, 0.29) is 6.10 Å². The molecule has 158 valence electrons. The topological polar surface area (TPSA) is 64.1 Å².